The van der Waals surface area contributed by atoms with Crippen LogP contribution in [0.4, 0.5) is 0 Å². The Balaban J connectivity index is 3.21. The quantitative estimate of drug-likeness (QED) is 0.479. The number of hydrogen-bond donors (Lipinski definition) is 2. The van der Waals surface area contributed by atoms with Crippen molar-refractivity contribution in [2.75, 3.05) is 0 Å². The molecule has 0 saturated heterocycles. The highest BCUT2D eigenvalue weighted by molar-refractivity contribution is 7.85. The monoisotopic (exact) mass is 205 g/mol. The third-order valence-electron chi connectivity index (χ3n) is 1.31. The molecule has 0 aliphatic carbocycles. The molecule has 0 atom stereocenters. The maximum atomic E-state index is 11.1. The van der Waals surface area contributed by atoms with Crippen LogP contribution < -0.4 is 0 Å². The van der Waals surface area contributed by atoms with E-state index in [9.17, 15) is 5.11 Å². The molecule has 0 aromatic heterocycles. The van der Waals surface area contributed by atoms with E-state index in [4.69, 9.17) is 0 Å². The molecule has 1 radical (unpaired) electrons. The lowest BCUT2D eigenvalue weighted by molar-refractivity contribution is 0.354. The first kappa shape index (κ1) is 9.92. The molecule has 13 heavy (non-hydrogen) atoms. The van der Waals surface area contributed by atoms with Crippen LogP contribution in [0.3, 0.4) is 0 Å². The summed E-state index contributed by atoms with van der Waals surface area (Å²) in [6.45, 7) is 0. The average Bonchev–Trinajstić information content (AvgIpc) is 2.04. The molecule has 0 aliphatic heterocycles. The van der Waals surface area contributed by atoms with E-state index in [0.29, 0.717) is 11.1 Å². The van der Waals surface area contributed by atoms with Crippen LogP contribution in [-0.2, 0) is 5.11 Å². The highest BCUT2D eigenvalue weighted by Gasteiger charge is 1.96. The Morgan fingerprint density at radius 2 is 1.38 bits per heavy atom. The number of benzene rings is 1. The van der Waals surface area contributed by atoms with Gasteiger partial charge in [0.1, 0.15) is 0 Å². The number of hydrogen-bond acceptors (Lipinski definition) is 2. The second-order valence-corrected chi connectivity index (χ2v) is 2.67. The van der Waals surface area contributed by atoms with E-state index in [2.05, 4.69) is 47.6 Å². The molecule has 0 unspecified atom stereocenters. The van der Waals surface area contributed by atoms with Gasteiger partial charge in [0.15, 0.2) is 5.75 Å². The van der Waals surface area contributed by atoms with Crippen LogP contribution in [0.2, 0.25) is 0 Å². The molecule has 0 heterocycles. The van der Waals surface area contributed by atoms with Crippen LogP contribution in [0.15, 0.2) is 18.2 Å². The van der Waals surface area contributed by atoms with Gasteiger partial charge in [-0.25, -0.2) is 0 Å². The van der Waals surface area contributed by atoms with Crippen molar-refractivity contribution in [3.63, 3.8) is 0 Å². The van der Waals surface area contributed by atoms with Crippen LogP contribution in [0.1, 0.15) is 11.1 Å². The van der Waals surface area contributed by atoms with Crippen molar-refractivity contribution in [1.82, 2.24) is 0 Å². The molecule has 1 aromatic carbocycles. The summed E-state index contributed by atoms with van der Waals surface area (Å²) in [7, 11) is 0. The van der Waals surface area contributed by atoms with Crippen LogP contribution in [0.25, 0.3) is 0 Å². The summed E-state index contributed by atoms with van der Waals surface area (Å²) in [6.07, 6.45) is 0. The summed E-state index contributed by atoms with van der Waals surface area (Å²) in [5.41, 5.74) is 1.24. The molecule has 0 saturated carbocycles. The smallest absolute Gasteiger partial charge is 0.181 e. The molecular weight excluding hydrogens is 200 g/mol. The first-order valence-corrected chi connectivity index (χ1v) is 4.28. The lowest BCUT2D eigenvalue weighted by atomic mass is 10.1. The van der Waals surface area contributed by atoms with Crippen molar-refractivity contribution in [2.45, 2.75) is 0 Å². The number of rotatable bonds is 0. The zero-order chi connectivity index (χ0) is 9.68. The molecule has 0 N–H and O–H groups in total. The Labute approximate surface area is 88.0 Å². The van der Waals surface area contributed by atoms with Crippen molar-refractivity contribution >= 4 is 25.3 Å². The van der Waals surface area contributed by atoms with Gasteiger partial charge in [-0.2, -0.15) is 0 Å². The molecule has 0 fully saturated rings. The van der Waals surface area contributed by atoms with Gasteiger partial charge in [0.2, 0.25) is 0 Å². The van der Waals surface area contributed by atoms with Gasteiger partial charge in [0, 0.05) is 23.3 Å². The van der Waals surface area contributed by atoms with Crippen LogP contribution >= 0.6 is 25.3 Å². The normalized spacial score (nSPS) is 7.85. The second kappa shape index (κ2) is 4.77. The van der Waals surface area contributed by atoms with E-state index in [1.807, 2.05) is 0 Å². The first-order valence-electron chi connectivity index (χ1n) is 3.38. The maximum Gasteiger partial charge on any atom is 0.181 e. The fourth-order valence-corrected chi connectivity index (χ4v) is 1.13. The van der Waals surface area contributed by atoms with Crippen molar-refractivity contribution < 1.29 is 5.11 Å². The summed E-state index contributed by atoms with van der Waals surface area (Å²) < 4.78 is 0. The summed E-state index contributed by atoms with van der Waals surface area (Å²) in [4.78, 5) is 0. The van der Waals surface area contributed by atoms with E-state index in [-0.39, 0.29) is 5.75 Å². The molecule has 1 nitrogen and oxygen atoms in total. The summed E-state index contributed by atoms with van der Waals surface area (Å²) in [5.74, 6) is 5.23. The molecule has 63 valence electrons. The minimum atomic E-state index is -0.111. The third kappa shape index (κ3) is 2.99. The lowest BCUT2D eigenvalue weighted by Crippen LogP contribution is -1.78. The minimum Gasteiger partial charge on any atom is -0.290 e. The summed E-state index contributed by atoms with van der Waals surface area (Å²) >= 11 is 7.48. The van der Waals surface area contributed by atoms with Crippen molar-refractivity contribution in [3.05, 3.63) is 29.3 Å². The minimum absolute atomic E-state index is 0.111. The van der Waals surface area contributed by atoms with E-state index in [1.54, 1.807) is 6.07 Å². The fourth-order valence-electron chi connectivity index (χ4n) is 0.872. The van der Waals surface area contributed by atoms with Gasteiger partial charge in [0.25, 0.3) is 0 Å². The molecule has 0 aliphatic rings. The van der Waals surface area contributed by atoms with Gasteiger partial charge >= 0.3 is 0 Å². The Hall–Kier alpha value is -1.16. The van der Waals surface area contributed by atoms with Crippen molar-refractivity contribution in [1.29, 1.82) is 0 Å². The molecule has 1 aromatic rings. The van der Waals surface area contributed by atoms with Gasteiger partial charge in [-0.15, -0.1) is 0 Å². The largest absolute Gasteiger partial charge is 0.290 e. The SMILES string of the molecule is [O]c1cc(C#CS)cc(C#CS)c1. The molecular formula is C10H5OS2. The molecule has 0 spiro atoms. The first-order chi connectivity index (χ1) is 6.26. The van der Waals surface area contributed by atoms with E-state index < -0.39 is 0 Å². The highest BCUT2D eigenvalue weighted by atomic mass is 32.1. The standard InChI is InChI=1S/C10H5OS2/c11-10-6-8(1-3-12)5-9(7-10)2-4-13/h5-7,12-13H. The van der Waals surface area contributed by atoms with Gasteiger partial charge in [-0.3, -0.25) is 5.11 Å². The molecule has 1 rings (SSSR count). The molecule has 3 heteroatoms. The summed E-state index contributed by atoms with van der Waals surface area (Å²) in [5, 5.41) is 15.9. The van der Waals surface area contributed by atoms with Crippen LogP contribution in [0.5, 0.6) is 5.75 Å². The Kier molecular flexibility index (Phi) is 3.64. The van der Waals surface area contributed by atoms with Crippen molar-refractivity contribution in [2.24, 2.45) is 0 Å². The van der Waals surface area contributed by atoms with Gasteiger partial charge in [-0.1, -0.05) is 37.1 Å². The molecule has 0 amide bonds. The van der Waals surface area contributed by atoms with Gasteiger partial charge in [-0.05, 0) is 16.6 Å². The second-order valence-electron chi connectivity index (χ2n) is 2.22. The van der Waals surface area contributed by atoms with E-state index in [0.717, 1.165) is 0 Å². The van der Waals surface area contributed by atoms with E-state index >= 15 is 0 Å². The lowest BCUT2D eigenvalue weighted by Gasteiger charge is -1.93. The average molecular weight is 205 g/mol. The van der Waals surface area contributed by atoms with Crippen LogP contribution in [-0.4, -0.2) is 0 Å². The predicted molar refractivity (Wildman–Crippen MR) is 58.3 cm³/mol. The zero-order valence-corrected chi connectivity index (χ0v) is 8.32. The van der Waals surface area contributed by atoms with E-state index in [1.165, 1.54) is 12.1 Å². The number of thiol groups is 2. The zero-order valence-electron chi connectivity index (χ0n) is 6.53. The van der Waals surface area contributed by atoms with Crippen molar-refractivity contribution in [3.8, 4) is 28.1 Å². The van der Waals surface area contributed by atoms with Crippen LogP contribution in [0, 0.1) is 22.3 Å². The summed E-state index contributed by atoms with van der Waals surface area (Å²) in [6, 6.07) is 4.59. The Morgan fingerprint density at radius 3 is 1.77 bits per heavy atom. The van der Waals surface area contributed by atoms with Gasteiger partial charge < -0.3 is 0 Å². The Bertz CT molecular complexity index is 391. The Morgan fingerprint density at radius 1 is 0.923 bits per heavy atom. The maximum absolute atomic E-state index is 11.1. The third-order valence-corrected chi connectivity index (χ3v) is 1.53. The predicted octanol–water partition coefficient (Wildman–Crippen LogP) is 2.31. The molecule has 0 bridgehead atoms. The highest BCUT2D eigenvalue weighted by Crippen LogP contribution is 2.15. The van der Waals surface area contributed by atoms with Gasteiger partial charge in [0.05, 0.1) is 0 Å². The fraction of sp³-hybridized carbons (Fsp3) is 0. The topological polar surface area (TPSA) is 19.9 Å².